The molecule has 0 radical (unpaired) electrons. The Morgan fingerprint density at radius 1 is 1.17 bits per heavy atom. The van der Waals surface area contributed by atoms with Crippen molar-refractivity contribution in [3.63, 3.8) is 0 Å². The molecule has 3 aromatic rings. The van der Waals surface area contributed by atoms with Crippen molar-refractivity contribution in [3.05, 3.63) is 64.8 Å². The Balaban J connectivity index is 1.51. The Morgan fingerprint density at radius 2 is 1.97 bits per heavy atom. The highest BCUT2D eigenvalue weighted by Gasteiger charge is 2.50. The van der Waals surface area contributed by atoms with Gasteiger partial charge in [0.15, 0.2) is 10.3 Å². The number of imidazole rings is 1. The number of nitrogens with zero attached hydrogens (tertiary/aromatic N) is 4. The average molecular weight is 455 g/mol. The molecule has 7 heteroatoms. The van der Waals surface area contributed by atoms with Gasteiger partial charge in [0.25, 0.3) is 5.91 Å². The monoisotopic (exact) mass is 454 g/mol. The highest BCUT2D eigenvalue weighted by Crippen LogP contribution is 2.47. The van der Waals surface area contributed by atoms with E-state index in [-0.39, 0.29) is 17.9 Å². The summed E-state index contributed by atoms with van der Waals surface area (Å²) in [5.41, 5.74) is 0.705. The zero-order valence-electron chi connectivity index (χ0n) is 16.0. The summed E-state index contributed by atoms with van der Waals surface area (Å²) in [6.07, 6.45) is 8.03. The fraction of sp³-hybridized carbons (Fsp3) is 0.409. The van der Waals surface area contributed by atoms with Crippen molar-refractivity contribution in [2.75, 3.05) is 6.54 Å². The second-order valence-corrected chi connectivity index (χ2v) is 8.79. The van der Waals surface area contributed by atoms with E-state index in [0.29, 0.717) is 29.0 Å². The number of carbonyl (C=O) groups excluding carboxylic acids is 1. The molecule has 1 aromatic carbocycles. The number of piperidine rings is 1. The highest BCUT2D eigenvalue weighted by molar-refractivity contribution is 9.10. The summed E-state index contributed by atoms with van der Waals surface area (Å²) >= 11 is 3.42. The third kappa shape index (κ3) is 2.99. The lowest BCUT2D eigenvalue weighted by molar-refractivity contribution is -0.110. The van der Waals surface area contributed by atoms with Crippen LogP contribution < -0.4 is 0 Å². The Morgan fingerprint density at radius 3 is 2.79 bits per heavy atom. The fourth-order valence-corrected chi connectivity index (χ4v) is 5.65. The lowest BCUT2D eigenvalue weighted by Crippen LogP contribution is -2.59. The van der Waals surface area contributed by atoms with Crippen LogP contribution in [0.5, 0.6) is 0 Å². The third-order valence-electron chi connectivity index (χ3n) is 6.57. The van der Waals surface area contributed by atoms with E-state index in [9.17, 15) is 9.90 Å². The molecule has 150 valence electrons. The number of benzene rings is 1. The van der Waals surface area contributed by atoms with Gasteiger partial charge in [0.05, 0.1) is 5.60 Å². The Kier molecular flexibility index (Phi) is 4.67. The maximum atomic E-state index is 13.5. The van der Waals surface area contributed by atoms with Gasteiger partial charge >= 0.3 is 0 Å². The number of likely N-dealkylation sites (tertiary alicyclic amines) is 1. The SMILES string of the molecule is O=C(c1nc(Br)c2ncccn12)N1CCC(O)(c2ccccc2)[C@H]2CCCC[C@H]21. The van der Waals surface area contributed by atoms with E-state index >= 15 is 0 Å². The van der Waals surface area contributed by atoms with Gasteiger partial charge < -0.3 is 10.0 Å². The van der Waals surface area contributed by atoms with Crippen LogP contribution in [-0.2, 0) is 5.60 Å². The minimum Gasteiger partial charge on any atom is -0.385 e. The van der Waals surface area contributed by atoms with E-state index < -0.39 is 5.60 Å². The first-order chi connectivity index (χ1) is 14.1. The van der Waals surface area contributed by atoms with Gasteiger partial charge in [-0.2, -0.15) is 0 Å². The number of aliphatic hydroxyl groups is 1. The zero-order chi connectivity index (χ0) is 20.0. The van der Waals surface area contributed by atoms with Crippen LogP contribution in [0.3, 0.4) is 0 Å². The molecule has 29 heavy (non-hydrogen) atoms. The topological polar surface area (TPSA) is 70.7 Å². The molecule has 1 amide bonds. The standard InChI is InChI=1S/C22H23BrN4O2/c23-18-19-24-12-6-13-27(19)20(25-18)21(28)26-14-11-22(29,15-7-2-1-3-8-15)16-9-4-5-10-17(16)26/h1-3,6-8,12-13,16-17,29H,4-5,9-11,14H2/t16-,17+,22?/m0/s1. The molecular formula is C22H23BrN4O2. The first-order valence-corrected chi connectivity index (χ1v) is 11.0. The average Bonchev–Trinajstić information content (AvgIpc) is 3.11. The summed E-state index contributed by atoms with van der Waals surface area (Å²) in [7, 11) is 0. The molecular weight excluding hydrogens is 432 g/mol. The summed E-state index contributed by atoms with van der Waals surface area (Å²) in [4.78, 5) is 24.3. The molecule has 0 spiro atoms. The van der Waals surface area contributed by atoms with E-state index in [0.717, 1.165) is 31.2 Å². The smallest absolute Gasteiger partial charge is 0.290 e. The lowest BCUT2D eigenvalue weighted by Gasteiger charge is -2.52. The van der Waals surface area contributed by atoms with Gasteiger partial charge in [-0.25, -0.2) is 9.97 Å². The first-order valence-electron chi connectivity index (χ1n) is 10.2. The molecule has 1 aliphatic heterocycles. The van der Waals surface area contributed by atoms with Crippen LogP contribution in [0, 0.1) is 5.92 Å². The second-order valence-electron chi connectivity index (χ2n) is 8.04. The summed E-state index contributed by atoms with van der Waals surface area (Å²) < 4.78 is 2.31. The number of hydrogen-bond donors (Lipinski definition) is 1. The molecule has 6 nitrogen and oxygen atoms in total. The Hall–Kier alpha value is -2.25. The maximum Gasteiger partial charge on any atom is 0.290 e. The Bertz CT molecular complexity index is 1050. The van der Waals surface area contributed by atoms with Crippen molar-refractivity contribution in [1.82, 2.24) is 19.3 Å². The van der Waals surface area contributed by atoms with Crippen LogP contribution in [0.4, 0.5) is 0 Å². The molecule has 3 atom stereocenters. The second kappa shape index (κ2) is 7.22. The van der Waals surface area contributed by atoms with Crippen LogP contribution in [0.1, 0.15) is 48.3 Å². The van der Waals surface area contributed by atoms with Gasteiger partial charge in [0, 0.05) is 30.9 Å². The van der Waals surface area contributed by atoms with Crippen molar-refractivity contribution in [2.45, 2.75) is 43.7 Å². The Labute approximate surface area is 177 Å². The number of rotatable bonds is 2. The molecule has 1 N–H and O–H groups in total. The van der Waals surface area contributed by atoms with Gasteiger partial charge in [-0.15, -0.1) is 0 Å². The molecule has 1 saturated carbocycles. The maximum absolute atomic E-state index is 13.5. The summed E-state index contributed by atoms with van der Waals surface area (Å²) in [6, 6.07) is 11.7. The molecule has 2 aliphatic rings. The summed E-state index contributed by atoms with van der Waals surface area (Å²) in [5.74, 6) is 0.310. The van der Waals surface area contributed by atoms with Crippen molar-refractivity contribution in [3.8, 4) is 0 Å². The number of fused-ring (bicyclic) bond motifs is 2. The quantitative estimate of drug-likeness (QED) is 0.639. The van der Waals surface area contributed by atoms with E-state index in [1.165, 1.54) is 0 Å². The number of aromatic nitrogens is 3. The van der Waals surface area contributed by atoms with Crippen LogP contribution in [0.25, 0.3) is 5.65 Å². The van der Waals surface area contributed by atoms with Crippen LogP contribution in [0.2, 0.25) is 0 Å². The van der Waals surface area contributed by atoms with Crippen LogP contribution in [0.15, 0.2) is 53.4 Å². The van der Waals surface area contributed by atoms with Gasteiger partial charge in [0.2, 0.25) is 5.82 Å². The summed E-state index contributed by atoms with van der Waals surface area (Å²) in [5, 5.41) is 11.7. The fourth-order valence-electron chi connectivity index (χ4n) is 5.19. The normalized spacial score (nSPS) is 27.0. The van der Waals surface area contributed by atoms with Crippen LogP contribution in [-0.4, -0.2) is 42.9 Å². The van der Waals surface area contributed by atoms with Crippen LogP contribution >= 0.6 is 15.9 Å². The lowest BCUT2D eigenvalue weighted by atomic mass is 9.66. The number of halogens is 1. The van der Waals surface area contributed by atoms with E-state index in [1.807, 2.05) is 41.4 Å². The van der Waals surface area contributed by atoms with Crippen molar-refractivity contribution < 1.29 is 9.90 Å². The predicted octanol–water partition coefficient (Wildman–Crippen LogP) is 3.78. The minimum atomic E-state index is -0.889. The predicted molar refractivity (Wildman–Crippen MR) is 112 cm³/mol. The number of amides is 1. The van der Waals surface area contributed by atoms with Crippen molar-refractivity contribution in [1.29, 1.82) is 0 Å². The van der Waals surface area contributed by atoms with Gasteiger partial charge in [0.1, 0.15) is 0 Å². The molecule has 1 aliphatic carbocycles. The largest absolute Gasteiger partial charge is 0.385 e. The van der Waals surface area contributed by atoms with Crippen molar-refractivity contribution in [2.24, 2.45) is 5.92 Å². The molecule has 1 unspecified atom stereocenters. The molecule has 2 aromatic heterocycles. The zero-order valence-corrected chi connectivity index (χ0v) is 17.6. The van der Waals surface area contributed by atoms with Crippen molar-refractivity contribution >= 4 is 27.5 Å². The highest BCUT2D eigenvalue weighted by atomic mass is 79.9. The summed E-state index contributed by atoms with van der Waals surface area (Å²) in [6.45, 7) is 0.512. The van der Waals surface area contributed by atoms with E-state index in [2.05, 4.69) is 25.9 Å². The molecule has 0 bridgehead atoms. The van der Waals surface area contributed by atoms with Gasteiger partial charge in [-0.3, -0.25) is 9.20 Å². The van der Waals surface area contributed by atoms with Gasteiger partial charge in [-0.05, 0) is 46.8 Å². The van der Waals surface area contributed by atoms with Gasteiger partial charge in [-0.1, -0.05) is 43.2 Å². The first kappa shape index (κ1) is 18.8. The molecule has 3 heterocycles. The number of hydrogen-bond acceptors (Lipinski definition) is 4. The molecule has 1 saturated heterocycles. The molecule has 2 fully saturated rings. The minimum absolute atomic E-state index is 0.0120. The van der Waals surface area contributed by atoms with E-state index in [4.69, 9.17) is 0 Å². The molecule has 5 rings (SSSR count). The third-order valence-corrected chi connectivity index (χ3v) is 7.10. The number of carbonyl (C=O) groups is 1. The van der Waals surface area contributed by atoms with E-state index in [1.54, 1.807) is 16.7 Å².